The maximum absolute atomic E-state index is 8.55. The highest BCUT2D eigenvalue weighted by molar-refractivity contribution is 6.30. The summed E-state index contributed by atoms with van der Waals surface area (Å²) in [7, 11) is 0. The number of nitrogens with one attached hydrogen (secondary N) is 1. The first-order valence-corrected chi connectivity index (χ1v) is 4.49. The lowest BCUT2D eigenvalue weighted by molar-refractivity contribution is 0.786. The van der Waals surface area contributed by atoms with Crippen LogP contribution in [0, 0.1) is 17.2 Å². The Kier molecular flexibility index (Phi) is 3.60. The van der Waals surface area contributed by atoms with E-state index in [1.807, 2.05) is 31.2 Å². The normalized spacial score (nSPS) is 11.8. The van der Waals surface area contributed by atoms with E-state index in [0.717, 1.165) is 10.7 Å². The first kappa shape index (κ1) is 9.88. The van der Waals surface area contributed by atoms with Gasteiger partial charge in [-0.25, -0.2) is 0 Å². The lowest BCUT2D eigenvalue weighted by atomic mass is 10.2. The Hall–Kier alpha value is -1.20. The molecule has 0 amide bonds. The van der Waals surface area contributed by atoms with Crippen LogP contribution in [-0.4, -0.2) is 6.54 Å². The summed E-state index contributed by atoms with van der Waals surface area (Å²) in [6, 6.07) is 9.59. The topological polar surface area (TPSA) is 35.8 Å². The Balaban J connectivity index is 2.47. The second-order valence-corrected chi connectivity index (χ2v) is 3.35. The van der Waals surface area contributed by atoms with Crippen molar-refractivity contribution in [1.82, 2.24) is 0 Å². The Morgan fingerprint density at radius 3 is 2.62 bits per heavy atom. The third kappa shape index (κ3) is 3.35. The standard InChI is InChI=1S/C10H11ClN2/c1-8(6-12)7-13-10-4-2-9(11)3-5-10/h2-5,8,13H,7H2,1H3. The SMILES string of the molecule is CC(C#N)CNc1ccc(Cl)cc1. The van der Waals surface area contributed by atoms with E-state index in [1.165, 1.54) is 0 Å². The van der Waals surface area contributed by atoms with Gasteiger partial charge >= 0.3 is 0 Å². The van der Waals surface area contributed by atoms with Crippen LogP contribution in [0.15, 0.2) is 24.3 Å². The monoisotopic (exact) mass is 194 g/mol. The summed E-state index contributed by atoms with van der Waals surface area (Å²) in [5, 5.41) is 12.4. The number of benzene rings is 1. The minimum atomic E-state index is 0.0238. The van der Waals surface area contributed by atoms with Crippen molar-refractivity contribution in [3.63, 3.8) is 0 Å². The zero-order chi connectivity index (χ0) is 9.68. The lowest BCUT2D eigenvalue weighted by Gasteiger charge is -2.06. The Labute approximate surface area is 83.1 Å². The molecule has 0 fully saturated rings. The molecule has 1 aromatic rings. The van der Waals surface area contributed by atoms with Gasteiger partial charge in [0.05, 0.1) is 12.0 Å². The van der Waals surface area contributed by atoms with E-state index in [-0.39, 0.29) is 5.92 Å². The molecule has 1 unspecified atom stereocenters. The molecule has 0 heterocycles. The molecule has 0 aliphatic rings. The molecule has 1 rings (SSSR count). The number of hydrogen-bond donors (Lipinski definition) is 1. The average Bonchev–Trinajstić information content (AvgIpc) is 2.16. The summed E-state index contributed by atoms with van der Waals surface area (Å²) < 4.78 is 0. The molecule has 1 atom stereocenters. The summed E-state index contributed by atoms with van der Waals surface area (Å²) in [6.45, 7) is 2.54. The minimum Gasteiger partial charge on any atom is -0.384 e. The fourth-order valence-corrected chi connectivity index (χ4v) is 1.01. The molecule has 68 valence electrons. The molecule has 3 heteroatoms. The maximum Gasteiger partial charge on any atom is 0.0671 e. The van der Waals surface area contributed by atoms with Gasteiger partial charge < -0.3 is 5.32 Å². The second kappa shape index (κ2) is 4.74. The molecular formula is C10H11ClN2. The summed E-state index contributed by atoms with van der Waals surface area (Å²) in [5.41, 5.74) is 0.992. The number of halogens is 1. The van der Waals surface area contributed by atoms with Crippen molar-refractivity contribution in [2.24, 2.45) is 5.92 Å². The zero-order valence-corrected chi connectivity index (χ0v) is 8.17. The molecular weight excluding hydrogens is 184 g/mol. The van der Waals surface area contributed by atoms with Crippen molar-refractivity contribution in [2.45, 2.75) is 6.92 Å². The van der Waals surface area contributed by atoms with Gasteiger partial charge in [0.25, 0.3) is 0 Å². The molecule has 0 saturated heterocycles. The maximum atomic E-state index is 8.55. The number of nitrogens with zero attached hydrogens (tertiary/aromatic N) is 1. The van der Waals surface area contributed by atoms with Crippen molar-refractivity contribution in [3.8, 4) is 6.07 Å². The highest BCUT2D eigenvalue weighted by Crippen LogP contribution is 2.13. The Morgan fingerprint density at radius 2 is 2.08 bits per heavy atom. The number of hydrogen-bond acceptors (Lipinski definition) is 2. The van der Waals surface area contributed by atoms with Crippen LogP contribution in [0.25, 0.3) is 0 Å². The molecule has 0 aliphatic heterocycles. The van der Waals surface area contributed by atoms with E-state index >= 15 is 0 Å². The molecule has 13 heavy (non-hydrogen) atoms. The van der Waals surface area contributed by atoms with Crippen LogP contribution >= 0.6 is 11.6 Å². The predicted molar refractivity (Wildman–Crippen MR) is 54.7 cm³/mol. The van der Waals surface area contributed by atoms with Gasteiger partial charge in [-0.1, -0.05) is 11.6 Å². The third-order valence-electron chi connectivity index (χ3n) is 1.68. The molecule has 0 aromatic heterocycles. The van der Waals surface area contributed by atoms with Crippen molar-refractivity contribution in [3.05, 3.63) is 29.3 Å². The van der Waals surface area contributed by atoms with Crippen molar-refractivity contribution in [1.29, 1.82) is 5.26 Å². The Bertz CT molecular complexity index is 300. The third-order valence-corrected chi connectivity index (χ3v) is 1.93. The van der Waals surface area contributed by atoms with Gasteiger partial charge in [0.15, 0.2) is 0 Å². The van der Waals surface area contributed by atoms with E-state index in [9.17, 15) is 0 Å². The Morgan fingerprint density at radius 1 is 1.46 bits per heavy atom. The van der Waals surface area contributed by atoms with Gasteiger partial charge in [-0.15, -0.1) is 0 Å². The van der Waals surface area contributed by atoms with E-state index in [1.54, 1.807) is 0 Å². The molecule has 2 nitrogen and oxygen atoms in total. The molecule has 0 radical (unpaired) electrons. The van der Waals surface area contributed by atoms with Gasteiger partial charge in [0.2, 0.25) is 0 Å². The average molecular weight is 195 g/mol. The summed E-state index contributed by atoms with van der Waals surface area (Å²) >= 11 is 5.72. The molecule has 0 spiro atoms. The van der Waals surface area contributed by atoms with Gasteiger partial charge in [-0.2, -0.15) is 5.26 Å². The minimum absolute atomic E-state index is 0.0238. The quantitative estimate of drug-likeness (QED) is 0.803. The molecule has 0 aliphatic carbocycles. The van der Waals surface area contributed by atoms with E-state index in [0.29, 0.717) is 6.54 Å². The van der Waals surface area contributed by atoms with Crippen LogP contribution in [0.5, 0.6) is 0 Å². The van der Waals surface area contributed by atoms with Gasteiger partial charge in [0, 0.05) is 17.3 Å². The van der Waals surface area contributed by atoms with Gasteiger partial charge in [-0.3, -0.25) is 0 Å². The molecule has 0 bridgehead atoms. The molecule has 1 aromatic carbocycles. The highest BCUT2D eigenvalue weighted by atomic mass is 35.5. The van der Waals surface area contributed by atoms with Crippen molar-refractivity contribution in [2.75, 3.05) is 11.9 Å². The smallest absolute Gasteiger partial charge is 0.0671 e. The summed E-state index contributed by atoms with van der Waals surface area (Å²) in [4.78, 5) is 0. The highest BCUT2D eigenvalue weighted by Gasteiger charge is 1.98. The number of anilines is 1. The summed E-state index contributed by atoms with van der Waals surface area (Å²) in [6.07, 6.45) is 0. The molecule has 1 N–H and O–H groups in total. The number of nitriles is 1. The number of rotatable bonds is 3. The fourth-order valence-electron chi connectivity index (χ4n) is 0.884. The van der Waals surface area contributed by atoms with Gasteiger partial charge in [-0.05, 0) is 31.2 Å². The van der Waals surface area contributed by atoms with Crippen LogP contribution in [0.3, 0.4) is 0 Å². The fraction of sp³-hybridized carbons (Fsp3) is 0.300. The summed E-state index contributed by atoms with van der Waals surface area (Å²) in [5.74, 6) is 0.0238. The van der Waals surface area contributed by atoms with Crippen molar-refractivity contribution >= 4 is 17.3 Å². The van der Waals surface area contributed by atoms with E-state index in [2.05, 4.69) is 11.4 Å². The van der Waals surface area contributed by atoms with Crippen LogP contribution in [-0.2, 0) is 0 Å². The van der Waals surface area contributed by atoms with E-state index < -0.39 is 0 Å². The lowest BCUT2D eigenvalue weighted by Crippen LogP contribution is -2.08. The van der Waals surface area contributed by atoms with Crippen LogP contribution in [0.2, 0.25) is 5.02 Å². The first-order chi connectivity index (χ1) is 6.22. The molecule has 0 saturated carbocycles. The first-order valence-electron chi connectivity index (χ1n) is 4.11. The zero-order valence-electron chi connectivity index (χ0n) is 7.42. The van der Waals surface area contributed by atoms with Crippen molar-refractivity contribution < 1.29 is 0 Å². The van der Waals surface area contributed by atoms with E-state index in [4.69, 9.17) is 16.9 Å². The largest absolute Gasteiger partial charge is 0.384 e. The second-order valence-electron chi connectivity index (χ2n) is 2.92. The predicted octanol–water partition coefficient (Wildman–Crippen LogP) is 2.91. The van der Waals surface area contributed by atoms with Gasteiger partial charge in [0.1, 0.15) is 0 Å². The van der Waals surface area contributed by atoms with Crippen LogP contribution < -0.4 is 5.32 Å². The van der Waals surface area contributed by atoms with Crippen LogP contribution in [0.1, 0.15) is 6.92 Å². The van der Waals surface area contributed by atoms with Crippen LogP contribution in [0.4, 0.5) is 5.69 Å².